The molecule has 0 amide bonds. The molecule has 0 aliphatic carbocycles. The fraction of sp³-hybridized carbons (Fsp3) is 0.389. The molecule has 7 heteroatoms. The van der Waals surface area contributed by atoms with Crippen LogP contribution >= 0.6 is 35.3 Å². The number of nitrogens with zero attached hydrogens (tertiary/aromatic N) is 1. The number of halogens is 2. The maximum Gasteiger partial charge on any atom is 0.191 e. The summed E-state index contributed by atoms with van der Waals surface area (Å²) < 4.78 is 18.6. The number of aliphatic imine (C=N–C) groups is 1. The second kappa shape index (κ2) is 11.4. The van der Waals surface area contributed by atoms with Gasteiger partial charge in [-0.05, 0) is 43.0 Å². The Balaban J connectivity index is 0.00000312. The highest BCUT2D eigenvalue weighted by atomic mass is 127. The van der Waals surface area contributed by atoms with Gasteiger partial charge >= 0.3 is 0 Å². The normalized spacial score (nSPS) is 13.7. The molecule has 0 radical (unpaired) electrons. The molecule has 0 spiro atoms. The summed E-state index contributed by atoms with van der Waals surface area (Å²) in [5.74, 6) is 0.486. The molecule has 1 heterocycles. The molecule has 2 atom stereocenters. The number of thiophene rings is 1. The highest BCUT2D eigenvalue weighted by molar-refractivity contribution is 14.0. The molecule has 0 fully saturated rings. The van der Waals surface area contributed by atoms with E-state index < -0.39 is 0 Å². The van der Waals surface area contributed by atoms with Gasteiger partial charge in [0.1, 0.15) is 11.9 Å². The zero-order valence-electron chi connectivity index (χ0n) is 14.7. The van der Waals surface area contributed by atoms with Gasteiger partial charge in [-0.3, -0.25) is 4.99 Å². The number of guanidine groups is 1. The third kappa shape index (κ3) is 6.91. The van der Waals surface area contributed by atoms with E-state index >= 15 is 0 Å². The molecule has 0 saturated carbocycles. The van der Waals surface area contributed by atoms with Crippen LogP contribution in [0.25, 0.3) is 0 Å². The van der Waals surface area contributed by atoms with E-state index in [2.05, 4.69) is 34.0 Å². The molecule has 0 saturated heterocycles. The van der Waals surface area contributed by atoms with Gasteiger partial charge in [0.05, 0.1) is 12.6 Å². The molecule has 2 N–H and O–H groups in total. The van der Waals surface area contributed by atoms with Crippen LogP contribution in [0.3, 0.4) is 0 Å². The molecule has 0 bridgehead atoms. The van der Waals surface area contributed by atoms with Gasteiger partial charge < -0.3 is 15.4 Å². The first kappa shape index (κ1) is 21.9. The second-order valence-electron chi connectivity index (χ2n) is 5.38. The molecule has 2 unspecified atom stereocenters. The topological polar surface area (TPSA) is 45.7 Å². The van der Waals surface area contributed by atoms with Crippen LogP contribution in [-0.2, 0) is 4.74 Å². The lowest BCUT2D eigenvalue weighted by Gasteiger charge is -2.18. The van der Waals surface area contributed by atoms with Crippen molar-refractivity contribution in [2.24, 2.45) is 4.99 Å². The zero-order valence-corrected chi connectivity index (χ0v) is 17.8. The van der Waals surface area contributed by atoms with Crippen LogP contribution in [0.1, 0.15) is 36.4 Å². The van der Waals surface area contributed by atoms with E-state index in [9.17, 15) is 4.39 Å². The lowest BCUT2D eigenvalue weighted by atomic mass is 10.1. The summed E-state index contributed by atoms with van der Waals surface area (Å²) in [4.78, 5) is 5.87. The van der Waals surface area contributed by atoms with E-state index in [1.807, 2.05) is 13.0 Å². The minimum absolute atomic E-state index is 0. The van der Waals surface area contributed by atoms with Gasteiger partial charge in [-0.1, -0.05) is 18.2 Å². The van der Waals surface area contributed by atoms with Crippen LogP contribution < -0.4 is 10.6 Å². The van der Waals surface area contributed by atoms with Crippen LogP contribution in [-0.4, -0.2) is 26.2 Å². The second-order valence-corrected chi connectivity index (χ2v) is 6.36. The summed E-state index contributed by atoms with van der Waals surface area (Å²) in [5, 5.41) is 8.70. The predicted octanol–water partition coefficient (Wildman–Crippen LogP) is 4.51. The summed E-state index contributed by atoms with van der Waals surface area (Å²) in [6, 6.07) is 10.6. The third-order valence-corrected chi connectivity index (χ3v) is 4.66. The lowest BCUT2D eigenvalue weighted by Crippen LogP contribution is -2.38. The fourth-order valence-electron chi connectivity index (χ4n) is 2.30. The Kier molecular flexibility index (Phi) is 9.99. The molecule has 0 aliphatic rings. The van der Waals surface area contributed by atoms with E-state index in [0.29, 0.717) is 6.54 Å². The summed E-state index contributed by atoms with van der Waals surface area (Å²) in [6.45, 7) is 5.36. The van der Waals surface area contributed by atoms with Crippen LogP contribution in [0.2, 0.25) is 0 Å². The Morgan fingerprint density at radius 1 is 1.28 bits per heavy atom. The Hall–Kier alpha value is -1.19. The van der Waals surface area contributed by atoms with E-state index in [1.54, 1.807) is 30.6 Å². The Bertz CT molecular complexity index is 634. The predicted molar refractivity (Wildman–Crippen MR) is 113 cm³/mol. The average molecular weight is 477 g/mol. The van der Waals surface area contributed by atoms with E-state index in [0.717, 1.165) is 18.1 Å². The number of nitrogens with one attached hydrogen (secondary N) is 2. The standard InChI is InChI=1S/C18H24FN3OS.HI/c1-4-20-18(22-13(2)17-6-5-11-24-17)21-12-16(23-3)14-7-9-15(19)10-8-14;/h5-11,13,16H,4,12H2,1-3H3,(H2,20,21,22);1H. The molecule has 2 rings (SSSR count). The monoisotopic (exact) mass is 477 g/mol. The quantitative estimate of drug-likeness (QED) is 0.351. The van der Waals surface area contributed by atoms with Crippen molar-refractivity contribution in [2.75, 3.05) is 20.2 Å². The van der Waals surface area contributed by atoms with E-state index in [1.165, 1.54) is 17.0 Å². The summed E-state index contributed by atoms with van der Waals surface area (Å²) in [5.41, 5.74) is 0.907. The number of ether oxygens (including phenoxy) is 1. The fourth-order valence-corrected chi connectivity index (χ4v) is 3.04. The van der Waals surface area contributed by atoms with Crippen LogP contribution in [0.15, 0.2) is 46.8 Å². The maximum atomic E-state index is 13.1. The van der Waals surface area contributed by atoms with Gasteiger partial charge in [0.15, 0.2) is 5.96 Å². The number of benzene rings is 1. The molecule has 2 aromatic rings. The van der Waals surface area contributed by atoms with Gasteiger partial charge in [-0.2, -0.15) is 0 Å². The van der Waals surface area contributed by atoms with Gasteiger partial charge in [0.2, 0.25) is 0 Å². The van der Waals surface area contributed by atoms with Crippen molar-refractivity contribution in [3.8, 4) is 0 Å². The smallest absolute Gasteiger partial charge is 0.191 e. The van der Waals surface area contributed by atoms with E-state index in [-0.39, 0.29) is 41.9 Å². The van der Waals surface area contributed by atoms with E-state index in [4.69, 9.17) is 4.74 Å². The summed E-state index contributed by atoms with van der Waals surface area (Å²) in [7, 11) is 1.64. The molecule has 1 aromatic heterocycles. The van der Waals surface area contributed by atoms with Crippen LogP contribution in [0.5, 0.6) is 0 Å². The lowest BCUT2D eigenvalue weighted by molar-refractivity contribution is 0.111. The first-order chi connectivity index (χ1) is 11.6. The van der Waals surface area contributed by atoms with Crippen molar-refractivity contribution in [1.82, 2.24) is 10.6 Å². The molecular formula is C18H25FIN3OS. The third-order valence-electron chi connectivity index (χ3n) is 3.61. The molecular weight excluding hydrogens is 452 g/mol. The van der Waals surface area contributed by atoms with Crippen LogP contribution in [0, 0.1) is 5.82 Å². The highest BCUT2D eigenvalue weighted by Crippen LogP contribution is 2.19. The van der Waals surface area contributed by atoms with Crippen molar-refractivity contribution >= 4 is 41.3 Å². The number of hydrogen-bond donors (Lipinski definition) is 2. The van der Waals surface area contributed by atoms with Gasteiger partial charge in [-0.15, -0.1) is 35.3 Å². The molecule has 1 aromatic carbocycles. The largest absolute Gasteiger partial charge is 0.375 e. The minimum Gasteiger partial charge on any atom is -0.375 e. The molecule has 0 aliphatic heterocycles. The van der Waals surface area contributed by atoms with Gasteiger partial charge in [0.25, 0.3) is 0 Å². The Labute approximate surface area is 169 Å². The summed E-state index contributed by atoms with van der Waals surface area (Å²) in [6.07, 6.45) is -0.210. The number of methoxy groups -OCH3 is 1. The first-order valence-corrected chi connectivity index (χ1v) is 8.88. The highest BCUT2D eigenvalue weighted by Gasteiger charge is 2.12. The minimum atomic E-state index is -0.253. The number of hydrogen-bond acceptors (Lipinski definition) is 3. The van der Waals surface area contributed by atoms with Gasteiger partial charge in [0, 0.05) is 18.5 Å². The van der Waals surface area contributed by atoms with Gasteiger partial charge in [-0.25, -0.2) is 4.39 Å². The maximum absolute atomic E-state index is 13.1. The Morgan fingerprint density at radius 3 is 2.56 bits per heavy atom. The van der Waals surface area contributed by atoms with Crippen LogP contribution in [0.4, 0.5) is 4.39 Å². The van der Waals surface area contributed by atoms with Crippen molar-refractivity contribution in [3.63, 3.8) is 0 Å². The Morgan fingerprint density at radius 2 is 2.00 bits per heavy atom. The van der Waals surface area contributed by atoms with Crippen molar-refractivity contribution in [1.29, 1.82) is 0 Å². The summed E-state index contributed by atoms with van der Waals surface area (Å²) >= 11 is 1.71. The molecule has 138 valence electrons. The first-order valence-electron chi connectivity index (χ1n) is 8.00. The van der Waals surface area contributed by atoms with Crippen molar-refractivity contribution < 1.29 is 9.13 Å². The molecule has 4 nitrogen and oxygen atoms in total. The zero-order chi connectivity index (χ0) is 17.4. The molecule has 25 heavy (non-hydrogen) atoms. The SMILES string of the molecule is CCNC(=NCC(OC)c1ccc(F)cc1)NC(C)c1cccs1.I. The van der Waals surface area contributed by atoms with Crippen molar-refractivity contribution in [2.45, 2.75) is 26.0 Å². The average Bonchev–Trinajstić information content (AvgIpc) is 3.11. The number of rotatable bonds is 7. The van der Waals surface area contributed by atoms with Crippen molar-refractivity contribution in [3.05, 3.63) is 58.0 Å².